The Morgan fingerprint density at radius 3 is 2.52 bits per heavy atom. The SMILES string of the molecule is COc1cccc(CN(C(=O)CSCc2ccccc2C)[C@H](C)C(=O)NCC(C)C)c1. The summed E-state index contributed by atoms with van der Waals surface area (Å²) in [5, 5.41) is 2.95. The van der Waals surface area contributed by atoms with Gasteiger partial charge in [0.15, 0.2) is 0 Å². The molecule has 1 atom stereocenters. The van der Waals surface area contributed by atoms with Crippen LogP contribution in [0.2, 0.25) is 0 Å². The van der Waals surface area contributed by atoms with Crippen molar-refractivity contribution < 1.29 is 14.3 Å². The summed E-state index contributed by atoms with van der Waals surface area (Å²) in [7, 11) is 1.62. The highest BCUT2D eigenvalue weighted by Crippen LogP contribution is 2.19. The molecule has 1 N–H and O–H groups in total. The Morgan fingerprint density at radius 1 is 1.10 bits per heavy atom. The lowest BCUT2D eigenvalue weighted by atomic mass is 10.1. The van der Waals surface area contributed by atoms with Crippen LogP contribution in [0.4, 0.5) is 0 Å². The van der Waals surface area contributed by atoms with E-state index in [4.69, 9.17) is 4.74 Å². The number of hydrogen-bond donors (Lipinski definition) is 1. The number of nitrogens with one attached hydrogen (secondary N) is 1. The first kappa shape index (κ1) is 24.8. The van der Waals surface area contributed by atoms with Gasteiger partial charge in [-0.1, -0.05) is 50.2 Å². The molecule has 5 nitrogen and oxygen atoms in total. The quantitative estimate of drug-likeness (QED) is 0.559. The fourth-order valence-corrected chi connectivity index (χ4v) is 4.09. The number of aryl methyl sites for hydroxylation is 1. The molecule has 0 bridgehead atoms. The first-order valence-corrected chi connectivity index (χ1v) is 11.8. The van der Waals surface area contributed by atoms with Crippen LogP contribution in [-0.2, 0) is 21.9 Å². The molecule has 0 saturated heterocycles. The number of carbonyl (C=O) groups excluding carboxylic acids is 2. The van der Waals surface area contributed by atoms with Crippen LogP contribution in [0.3, 0.4) is 0 Å². The fourth-order valence-electron chi connectivity index (χ4n) is 3.11. The maximum atomic E-state index is 13.2. The Bertz CT molecular complexity index is 869. The zero-order valence-electron chi connectivity index (χ0n) is 19.2. The number of benzene rings is 2. The van der Waals surface area contributed by atoms with E-state index in [1.807, 2.05) is 50.2 Å². The summed E-state index contributed by atoms with van der Waals surface area (Å²) in [4.78, 5) is 27.5. The smallest absolute Gasteiger partial charge is 0.242 e. The van der Waals surface area contributed by atoms with Crippen molar-refractivity contribution >= 4 is 23.6 Å². The average Bonchev–Trinajstić information content (AvgIpc) is 2.76. The average molecular weight is 443 g/mol. The standard InChI is InChI=1S/C25H34N2O3S/c1-18(2)14-26-25(29)20(4)27(15-21-10-8-12-23(13-21)30-5)24(28)17-31-16-22-11-7-6-9-19(22)3/h6-13,18,20H,14-17H2,1-5H3,(H,26,29)/t20-/m1/s1. The highest BCUT2D eigenvalue weighted by atomic mass is 32.2. The molecule has 0 radical (unpaired) electrons. The van der Waals surface area contributed by atoms with Crippen molar-refractivity contribution in [2.24, 2.45) is 5.92 Å². The molecule has 31 heavy (non-hydrogen) atoms. The molecular formula is C25H34N2O3S. The number of thioether (sulfide) groups is 1. The van der Waals surface area contributed by atoms with E-state index < -0.39 is 6.04 Å². The summed E-state index contributed by atoms with van der Waals surface area (Å²) in [6, 6.07) is 15.2. The molecule has 0 saturated carbocycles. The molecule has 0 aliphatic rings. The van der Waals surface area contributed by atoms with Gasteiger partial charge in [-0.25, -0.2) is 0 Å². The summed E-state index contributed by atoms with van der Waals surface area (Å²) < 4.78 is 5.31. The maximum absolute atomic E-state index is 13.2. The maximum Gasteiger partial charge on any atom is 0.242 e. The Kier molecular flexibility index (Phi) is 9.92. The lowest BCUT2D eigenvalue weighted by molar-refractivity contribution is -0.138. The Hall–Kier alpha value is -2.47. The van der Waals surface area contributed by atoms with Gasteiger partial charge in [-0.15, -0.1) is 11.8 Å². The van der Waals surface area contributed by atoms with Crippen LogP contribution in [0.5, 0.6) is 5.75 Å². The number of ether oxygens (including phenoxy) is 1. The van der Waals surface area contributed by atoms with Crippen LogP contribution < -0.4 is 10.1 Å². The van der Waals surface area contributed by atoms with Crippen molar-refractivity contribution in [1.29, 1.82) is 0 Å². The van der Waals surface area contributed by atoms with E-state index in [2.05, 4.69) is 24.4 Å². The van der Waals surface area contributed by atoms with Crippen molar-refractivity contribution in [1.82, 2.24) is 10.2 Å². The number of amides is 2. The second-order valence-corrected chi connectivity index (χ2v) is 9.09. The van der Waals surface area contributed by atoms with E-state index in [0.717, 1.165) is 17.1 Å². The molecule has 2 rings (SSSR count). The van der Waals surface area contributed by atoms with Gasteiger partial charge in [-0.05, 0) is 48.6 Å². The predicted octanol–water partition coefficient (Wildman–Crippen LogP) is 4.43. The van der Waals surface area contributed by atoms with Crippen LogP contribution in [-0.4, -0.2) is 42.2 Å². The second-order valence-electron chi connectivity index (χ2n) is 8.11. The molecule has 2 aromatic rings. The van der Waals surface area contributed by atoms with Gasteiger partial charge in [-0.2, -0.15) is 0 Å². The Morgan fingerprint density at radius 2 is 1.84 bits per heavy atom. The van der Waals surface area contributed by atoms with Gasteiger partial charge >= 0.3 is 0 Å². The molecule has 0 spiro atoms. The lowest BCUT2D eigenvalue weighted by Crippen LogP contribution is -2.48. The normalized spacial score (nSPS) is 11.8. The Balaban J connectivity index is 2.10. The van der Waals surface area contributed by atoms with Crippen molar-refractivity contribution in [2.45, 2.75) is 46.0 Å². The van der Waals surface area contributed by atoms with Crippen molar-refractivity contribution in [3.63, 3.8) is 0 Å². The molecule has 0 heterocycles. The molecule has 0 unspecified atom stereocenters. The van der Waals surface area contributed by atoms with Gasteiger partial charge in [0.05, 0.1) is 12.9 Å². The molecule has 0 aromatic heterocycles. The van der Waals surface area contributed by atoms with Crippen LogP contribution in [0.1, 0.15) is 37.5 Å². The van der Waals surface area contributed by atoms with Crippen molar-refractivity contribution in [2.75, 3.05) is 19.4 Å². The minimum absolute atomic E-state index is 0.0476. The van der Waals surface area contributed by atoms with E-state index in [-0.39, 0.29) is 11.8 Å². The highest BCUT2D eigenvalue weighted by Gasteiger charge is 2.26. The highest BCUT2D eigenvalue weighted by molar-refractivity contribution is 7.99. The number of nitrogens with zero attached hydrogens (tertiary/aromatic N) is 1. The van der Waals surface area contributed by atoms with E-state index in [1.54, 1.807) is 30.7 Å². The Labute approximate surface area is 190 Å². The summed E-state index contributed by atoms with van der Waals surface area (Å²) in [5.74, 6) is 1.99. The fraction of sp³-hybridized carbons (Fsp3) is 0.440. The van der Waals surface area contributed by atoms with Gasteiger partial charge in [0.2, 0.25) is 11.8 Å². The van der Waals surface area contributed by atoms with Gasteiger partial charge < -0.3 is 15.0 Å². The summed E-state index contributed by atoms with van der Waals surface area (Å²) in [5.41, 5.74) is 3.37. The van der Waals surface area contributed by atoms with E-state index in [1.165, 1.54) is 11.1 Å². The summed E-state index contributed by atoms with van der Waals surface area (Å²) in [6.07, 6.45) is 0. The third-order valence-corrected chi connectivity index (χ3v) is 6.05. The van der Waals surface area contributed by atoms with Crippen LogP contribution >= 0.6 is 11.8 Å². The minimum atomic E-state index is -0.559. The molecule has 2 amide bonds. The second kappa shape index (κ2) is 12.4. The van der Waals surface area contributed by atoms with Crippen molar-refractivity contribution in [3.8, 4) is 5.75 Å². The first-order chi connectivity index (χ1) is 14.8. The lowest BCUT2D eigenvalue weighted by Gasteiger charge is -2.29. The minimum Gasteiger partial charge on any atom is -0.497 e. The molecule has 168 valence electrons. The van der Waals surface area contributed by atoms with Crippen LogP contribution in [0, 0.1) is 12.8 Å². The van der Waals surface area contributed by atoms with Crippen molar-refractivity contribution in [3.05, 3.63) is 65.2 Å². The largest absolute Gasteiger partial charge is 0.497 e. The zero-order chi connectivity index (χ0) is 22.8. The predicted molar refractivity (Wildman–Crippen MR) is 128 cm³/mol. The molecule has 0 fully saturated rings. The first-order valence-electron chi connectivity index (χ1n) is 10.6. The summed E-state index contributed by atoms with van der Waals surface area (Å²) >= 11 is 1.57. The van der Waals surface area contributed by atoms with Crippen LogP contribution in [0.15, 0.2) is 48.5 Å². The van der Waals surface area contributed by atoms with Gasteiger partial charge in [-0.3, -0.25) is 9.59 Å². The summed E-state index contributed by atoms with van der Waals surface area (Å²) in [6.45, 7) is 8.91. The third kappa shape index (κ3) is 7.94. The van der Waals surface area contributed by atoms with Gasteiger partial charge in [0, 0.05) is 18.8 Å². The third-order valence-electron chi connectivity index (χ3n) is 5.08. The van der Waals surface area contributed by atoms with Gasteiger partial charge in [0.25, 0.3) is 0 Å². The van der Waals surface area contributed by atoms with Crippen LogP contribution in [0.25, 0.3) is 0 Å². The van der Waals surface area contributed by atoms with Gasteiger partial charge in [0.1, 0.15) is 11.8 Å². The monoisotopic (exact) mass is 442 g/mol. The number of methoxy groups -OCH3 is 1. The molecule has 2 aromatic carbocycles. The van der Waals surface area contributed by atoms with E-state index >= 15 is 0 Å². The van der Waals surface area contributed by atoms with E-state index in [9.17, 15) is 9.59 Å². The molecular weight excluding hydrogens is 408 g/mol. The van der Waals surface area contributed by atoms with E-state index in [0.29, 0.717) is 24.8 Å². The molecule has 0 aliphatic heterocycles. The number of rotatable bonds is 11. The molecule has 0 aliphatic carbocycles. The topological polar surface area (TPSA) is 58.6 Å². The number of hydrogen-bond acceptors (Lipinski definition) is 4. The molecule has 6 heteroatoms. The number of carbonyl (C=O) groups is 2. The zero-order valence-corrected chi connectivity index (χ0v) is 20.0.